The van der Waals surface area contributed by atoms with Gasteiger partial charge in [-0.1, -0.05) is 13.3 Å². The lowest BCUT2D eigenvalue weighted by Crippen LogP contribution is -2.34. The van der Waals surface area contributed by atoms with Gasteiger partial charge >= 0.3 is 0 Å². The molecule has 0 spiro atoms. The standard InChI is InChI=1S/C17H25FN2/c1-2-13-7-9-20(10-8-13)17-6-3-15(18)11-14(17)12-19-16-4-5-16/h3,6,11,13,16,19H,2,4-5,7-10,12H2,1H3. The maximum atomic E-state index is 13.5. The van der Waals surface area contributed by atoms with Crippen molar-refractivity contribution in [3.8, 4) is 0 Å². The average Bonchev–Trinajstić information content (AvgIpc) is 3.30. The normalized spacial score (nSPS) is 20.4. The molecule has 1 aromatic carbocycles. The smallest absolute Gasteiger partial charge is 0.123 e. The molecule has 0 aromatic heterocycles. The van der Waals surface area contributed by atoms with Crippen LogP contribution in [0.1, 0.15) is 44.6 Å². The van der Waals surface area contributed by atoms with Crippen molar-refractivity contribution in [1.29, 1.82) is 0 Å². The topological polar surface area (TPSA) is 15.3 Å². The van der Waals surface area contributed by atoms with E-state index in [4.69, 9.17) is 0 Å². The van der Waals surface area contributed by atoms with Gasteiger partial charge in [-0.25, -0.2) is 4.39 Å². The molecule has 0 atom stereocenters. The fourth-order valence-corrected chi connectivity index (χ4v) is 3.13. The number of halogens is 1. The van der Waals surface area contributed by atoms with Crippen LogP contribution in [0.4, 0.5) is 10.1 Å². The molecule has 3 heteroatoms. The molecule has 1 N–H and O–H groups in total. The highest BCUT2D eigenvalue weighted by molar-refractivity contribution is 5.54. The van der Waals surface area contributed by atoms with Gasteiger partial charge in [0.05, 0.1) is 0 Å². The highest BCUT2D eigenvalue weighted by atomic mass is 19.1. The average molecular weight is 276 g/mol. The maximum absolute atomic E-state index is 13.5. The second-order valence-electron chi connectivity index (χ2n) is 6.27. The van der Waals surface area contributed by atoms with Crippen molar-refractivity contribution < 1.29 is 4.39 Å². The van der Waals surface area contributed by atoms with E-state index in [9.17, 15) is 4.39 Å². The minimum atomic E-state index is -0.121. The summed E-state index contributed by atoms with van der Waals surface area (Å²) < 4.78 is 13.5. The molecule has 0 radical (unpaired) electrons. The maximum Gasteiger partial charge on any atom is 0.123 e. The Morgan fingerprint density at radius 1 is 1.20 bits per heavy atom. The summed E-state index contributed by atoms with van der Waals surface area (Å²) in [5.74, 6) is 0.754. The minimum absolute atomic E-state index is 0.121. The van der Waals surface area contributed by atoms with E-state index in [2.05, 4.69) is 17.1 Å². The molecule has 2 aliphatic rings. The van der Waals surface area contributed by atoms with Crippen molar-refractivity contribution in [2.24, 2.45) is 5.92 Å². The third kappa shape index (κ3) is 3.32. The van der Waals surface area contributed by atoms with E-state index < -0.39 is 0 Å². The Labute approximate surface area is 121 Å². The molecule has 1 aliphatic carbocycles. The lowest BCUT2D eigenvalue weighted by Gasteiger charge is -2.34. The summed E-state index contributed by atoms with van der Waals surface area (Å²) in [6.45, 7) is 5.30. The zero-order valence-electron chi connectivity index (χ0n) is 12.4. The molecular weight excluding hydrogens is 251 g/mol. The zero-order chi connectivity index (χ0) is 13.9. The molecule has 2 nitrogen and oxygen atoms in total. The van der Waals surface area contributed by atoms with E-state index in [1.54, 1.807) is 12.1 Å². The molecule has 0 unspecified atom stereocenters. The van der Waals surface area contributed by atoms with Crippen LogP contribution in [0.2, 0.25) is 0 Å². The van der Waals surface area contributed by atoms with Gasteiger partial charge in [0.25, 0.3) is 0 Å². The molecule has 3 rings (SSSR count). The van der Waals surface area contributed by atoms with Crippen LogP contribution in [0.25, 0.3) is 0 Å². The fourth-order valence-electron chi connectivity index (χ4n) is 3.13. The summed E-state index contributed by atoms with van der Waals surface area (Å²) in [4.78, 5) is 2.44. The third-order valence-electron chi connectivity index (χ3n) is 4.73. The monoisotopic (exact) mass is 276 g/mol. The van der Waals surface area contributed by atoms with Gasteiger partial charge in [-0.15, -0.1) is 0 Å². The van der Waals surface area contributed by atoms with Crippen LogP contribution >= 0.6 is 0 Å². The van der Waals surface area contributed by atoms with Crippen LogP contribution in [0.5, 0.6) is 0 Å². The van der Waals surface area contributed by atoms with Crippen molar-refractivity contribution in [2.45, 2.75) is 51.6 Å². The second-order valence-corrected chi connectivity index (χ2v) is 6.27. The quantitative estimate of drug-likeness (QED) is 0.882. The second kappa shape index (κ2) is 6.13. The molecule has 0 bridgehead atoms. The van der Waals surface area contributed by atoms with E-state index in [-0.39, 0.29) is 5.82 Å². The van der Waals surface area contributed by atoms with E-state index in [1.807, 2.05) is 6.07 Å². The van der Waals surface area contributed by atoms with Crippen LogP contribution in [-0.4, -0.2) is 19.1 Å². The minimum Gasteiger partial charge on any atom is -0.371 e. The molecule has 20 heavy (non-hydrogen) atoms. The molecular formula is C17H25FN2. The molecule has 110 valence electrons. The summed E-state index contributed by atoms with van der Waals surface area (Å²) >= 11 is 0. The van der Waals surface area contributed by atoms with E-state index in [0.717, 1.165) is 31.1 Å². The molecule has 1 aliphatic heterocycles. The zero-order valence-corrected chi connectivity index (χ0v) is 12.4. The van der Waals surface area contributed by atoms with Gasteiger partial charge in [-0.05, 0) is 55.4 Å². The Morgan fingerprint density at radius 3 is 2.60 bits per heavy atom. The van der Waals surface area contributed by atoms with E-state index in [0.29, 0.717) is 6.04 Å². The number of benzene rings is 1. The largest absolute Gasteiger partial charge is 0.371 e. The van der Waals surface area contributed by atoms with Gasteiger partial charge in [-0.2, -0.15) is 0 Å². The van der Waals surface area contributed by atoms with Crippen molar-refractivity contribution in [1.82, 2.24) is 5.32 Å². The van der Waals surface area contributed by atoms with Crippen molar-refractivity contribution in [2.75, 3.05) is 18.0 Å². The van der Waals surface area contributed by atoms with Gasteiger partial charge < -0.3 is 10.2 Å². The molecule has 1 aromatic rings. The SMILES string of the molecule is CCC1CCN(c2ccc(F)cc2CNC2CC2)CC1. The Balaban J connectivity index is 1.70. The van der Waals surface area contributed by atoms with Crippen LogP contribution in [-0.2, 0) is 6.54 Å². The van der Waals surface area contributed by atoms with Crippen molar-refractivity contribution >= 4 is 5.69 Å². The van der Waals surface area contributed by atoms with Crippen LogP contribution in [0.3, 0.4) is 0 Å². The Hall–Kier alpha value is -1.09. The van der Waals surface area contributed by atoms with E-state index >= 15 is 0 Å². The first-order valence-electron chi connectivity index (χ1n) is 8.03. The molecule has 2 fully saturated rings. The Kier molecular flexibility index (Phi) is 4.25. The molecule has 0 amide bonds. The lowest BCUT2D eigenvalue weighted by atomic mass is 9.93. The predicted molar refractivity (Wildman–Crippen MR) is 81.5 cm³/mol. The number of hydrogen-bond donors (Lipinski definition) is 1. The van der Waals surface area contributed by atoms with Gasteiger partial charge in [0.2, 0.25) is 0 Å². The summed E-state index contributed by atoms with van der Waals surface area (Å²) in [6, 6.07) is 5.93. The number of anilines is 1. The summed E-state index contributed by atoms with van der Waals surface area (Å²) in [6.07, 6.45) is 6.36. The summed E-state index contributed by atoms with van der Waals surface area (Å²) in [5.41, 5.74) is 2.35. The fraction of sp³-hybridized carbons (Fsp3) is 0.647. The van der Waals surface area contributed by atoms with Gasteiger partial charge in [0.1, 0.15) is 5.82 Å². The van der Waals surface area contributed by atoms with Gasteiger partial charge in [0, 0.05) is 31.4 Å². The molecule has 1 saturated carbocycles. The molecule has 1 heterocycles. The first kappa shape index (κ1) is 13.9. The predicted octanol–water partition coefficient (Wildman–Crippen LogP) is 3.70. The van der Waals surface area contributed by atoms with Gasteiger partial charge in [-0.3, -0.25) is 0 Å². The third-order valence-corrected chi connectivity index (χ3v) is 4.73. The number of nitrogens with zero attached hydrogens (tertiary/aromatic N) is 1. The van der Waals surface area contributed by atoms with Crippen LogP contribution in [0.15, 0.2) is 18.2 Å². The summed E-state index contributed by atoms with van der Waals surface area (Å²) in [5, 5.41) is 3.51. The van der Waals surface area contributed by atoms with Crippen LogP contribution < -0.4 is 10.2 Å². The first-order chi connectivity index (χ1) is 9.76. The Bertz CT molecular complexity index is 448. The summed E-state index contributed by atoms with van der Waals surface area (Å²) in [7, 11) is 0. The highest BCUT2D eigenvalue weighted by Gasteiger charge is 2.23. The number of nitrogens with one attached hydrogen (secondary N) is 1. The van der Waals surface area contributed by atoms with Crippen molar-refractivity contribution in [3.05, 3.63) is 29.6 Å². The highest BCUT2D eigenvalue weighted by Crippen LogP contribution is 2.29. The van der Waals surface area contributed by atoms with Gasteiger partial charge in [0.15, 0.2) is 0 Å². The molecule has 1 saturated heterocycles. The number of rotatable bonds is 5. The van der Waals surface area contributed by atoms with Crippen molar-refractivity contribution in [3.63, 3.8) is 0 Å². The Morgan fingerprint density at radius 2 is 1.95 bits per heavy atom. The first-order valence-corrected chi connectivity index (χ1v) is 8.03. The van der Waals surface area contributed by atoms with Crippen LogP contribution in [0, 0.1) is 11.7 Å². The van der Waals surface area contributed by atoms with E-state index in [1.165, 1.54) is 37.8 Å². The number of piperidine rings is 1. The lowest BCUT2D eigenvalue weighted by molar-refractivity contribution is 0.394. The number of hydrogen-bond acceptors (Lipinski definition) is 2.